The van der Waals surface area contributed by atoms with Gasteiger partial charge in [0.25, 0.3) is 5.91 Å². The molecule has 37 heavy (non-hydrogen) atoms. The van der Waals surface area contributed by atoms with Crippen LogP contribution >= 0.6 is 0 Å². The topological polar surface area (TPSA) is 122 Å². The Morgan fingerprint density at radius 1 is 1.11 bits per heavy atom. The van der Waals surface area contributed by atoms with Crippen LogP contribution in [0.5, 0.6) is 11.5 Å². The number of aromatic nitrogens is 5. The summed E-state index contributed by atoms with van der Waals surface area (Å²) in [4.78, 5) is 27.2. The van der Waals surface area contributed by atoms with Crippen LogP contribution in [-0.2, 0) is 0 Å². The predicted molar refractivity (Wildman–Crippen MR) is 137 cm³/mol. The third-order valence-corrected chi connectivity index (χ3v) is 5.96. The van der Waals surface area contributed by atoms with Crippen molar-refractivity contribution in [1.82, 2.24) is 24.7 Å². The van der Waals surface area contributed by atoms with Crippen LogP contribution in [0.2, 0.25) is 0 Å². The minimum Gasteiger partial charge on any atom is -0.497 e. The number of fused-ring (bicyclic) bond motifs is 1. The normalized spacial score (nSPS) is 11.6. The fourth-order valence-corrected chi connectivity index (χ4v) is 4.19. The number of anilines is 1. The van der Waals surface area contributed by atoms with Crippen LogP contribution in [0, 0.1) is 11.3 Å². The van der Waals surface area contributed by atoms with E-state index in [4.69, 9.17) is 9.47 Å². The quantitative estimate of drug-likeness (QED) is 0.335. The maximum atomic E-state index is 13.9. The van der Waals surface area contributed by atoms with Gasteiger partial charge < -0.3 is 14.5 Å². The number of nitriles is 1. The minimum absolute atomic E-state index is 0.0252. The highest BCUT2D eigenvalue weighted by Crippen LogP contribution is 2.35. The van der Waals surface area contributed by atoms with Crippen molar-refractivity contribution in [2.45, 2.75) is 12.6 Å². The van der Waals surface area contributed by atoms with Gasteiger partial charge in [-0.2, -0.15) is 10.4 Å². The number of nitrogens with one attached hydrogen (secondary N) is 1. The zero-order valence-electron chi connectivity index (χ0n) is 20.2. The van der Waals surface area contributed by atoms with Gasteiger partial charge in [-0.3, -0.25) is 9.69 Å². The van der Waals surface area contributed by atoms with Crippen molar-refractivity contribution >= 4 is 22.6 Å². The summed E-state index contributed by atoms with van der Waals surface area (Å²) in [6, 6.07) is 18.2. The molecule has 1 unspecified atom stereocenters. The predicted octanol–water partition coefficient (Wildman–Crippen LogP) is 4.60. The molecule has 2 aromatic carbocycles. The number of hydrogen-bond donors (Lipinski definition) is 1. The van der Waals surface area contributed by atoms with Crippen molar-refractivity contribution in [2.75, 3.05) is 19.1 Å². The Hall–Kier alpha value is -5.17. The summed E-state index contributed by atoms with van der Waals surface area (Å²) in [5.74, 6) is 0.712. The number of hydrogen-bond acceptors (Lipinski definition) is 7. The van der Waals surface area contributed by atoms with Gasteiger partial charge in [0, 0.05) is 47.1 Å². The Balaban J connectivity index is 1.64. The zero-order valence-corrected chi connectivity index (χ0v) is 20.2. The zero-order chi connectivity index (χ0) is 25.8. The number of carbonyl (C=O) groups excluding carboxylic acids is 1. The molecule has 5 rings (SSSR count). The average molecular weight is 494 g/mol. The lowest BCUT2D eigenvalue weighted by atomic mass is 10.1. The fourth-order valence-electron chi connectivity index (χ4n) is 4.19. The first-order valence-electron chi connectivity index (χ1n) is 11.4. The maximum absolute atomic E-state index is 13.9. The summed E-state index contributed by atoms with van der Waals surface area (Å²) in [5.41, 5.74) is 3.08. The molecule has 10 nitrogen and oxygen atoms in total. The third kappa shape index (κ3) is 4.58. The second kappa shape index (κ2) is 10.2. The van der Waals surface area contributed by atoms with Gasteiger partial charge in [-0.1, -0.05) is 18.2 Å². The number of aromatic amines is 1. The van der Waals surface area contributed by atoms with Gasteiger partial charge in [0.2, 0.25) is 0 Å². The number of H-pyrrole nitrogens is 1. The molecule has 3 aromatic heterocycles. The summed E-state index contributed by atoms with van der Waals surface area (Å²) in [6.07, 6.45) is 5.92. The maximum Gasteiger partial charge on any atom is 0.260 e. The lowest BCUT2D eigenvalue weighted by Crippen LogP contribution is -2.38. The fraction of sp³-hybridized carbons (Fsp3) is 0.148. The second-order valence-electron chi connectivity index (χ2n) is 8.13. The van der Waals surface area contributed by atoms with Crippen molar-refractivity contribution in [1.29, 1.82) is 5.26 Å². The largest absolute Gasteiger partial charge is 0.497 e. The summed E-state index contributed by atoms with van der Waals surface area (Å²) in [7, 11) is 3.08. The molecule has 0 saturated heterocycles. The molecule has 10 heteroatoms. The number of methoxy groups -OCH3 is 2. The van der Waals surface area contributed by atoms with E-state index in [1.54, 1.807) is 65.7 Å². The van der Waals surface area contributed by atoms with Crippen molar-refractivity contribution < 1.29 is 14.3 Å². The van der Waals surface area contributed by atoms with E-state index in [-0.39, 0.29) is 12.3 Å². The van der Waals surface area contributed by atoms with E-state index in [0.29, 0.717) is 34.1 Å². The van der Waals surface area contributed by atoms with Crippen LogP contribution in [0.4, 0.5) is 5.69 Å². The van der Waals surface area contributed by atoms with Crippen LogP contribution in [0.15, 0.2) is 79.5 Å². The number of carbonyl (C=O) groups is 1. The van der Waals surface area contributed by atoms with E-state index in [2.05, 4.69) is 26.1 Å². The van der Waals surface area contributed by atoms with Crippen LogP contribution in [0.1, 0.15) is 22.9 Å². The number of nitrogens with zero attached hydrogens (tertiary/aromatic N) is 6. The van der Waals surface area contributed by atoms with Gasteiger partial charge in [0.1, 0.15) is 29.6 Å². The first-order valence-corrected chi connectivity index (χ1v) is 11.4. The number of amides is 1. The molecular formula is C27H23N7O3. The summed E-state index contributed by atoms with van der Waals surface area (Å²) in [6.45, 7) is 0. The van der Waals surface area contributed by atoms with Crippen LogP contribution in [0.3, 0.4) is 0 Å². The summed E-state index contributed by atoms with van der Waals surface area (Å²) in [5, 5.41) is 15.2. The highest BCUT2D eigenvalue weighted by molar-refractivity contribution is 6.06. The van der Waals surface area contributed by atoms with Gasteiger partial charge in [0.05, 0.1) is 44.3 Å². The monoisotopic (exact) mass is 493 g/mol. The van der Waals surface area contributed by atoms with E-state index in [0.717, 1.165) is 10.9 Å². The molecule has 0 aliphatic heterocycles. The minimum atomic E-state index is -0.771. The SMILES string of the molecule is COc1cc(OC)cc(N(C(=O)c2ccccc2)C(CC#N)n2cc(-c3ncnc4[nH]ccc34)cn2)c1. The van der Waals surface area contributed by atoms with E-state index >= 15 is 0 Å². The summed E-state index contributed by atoms with van der Waals surface area (Å²) >= 11 is 0. The van der Waals surface area contributed by atoms with Crippen LogP contribution in [-0.4, -0.2) is 44.9 Å². The molecular weight excluding hydrogens is 470 g/mol. The number of benzene rings is 2. The first-order chi connectivity index (χ1) is 18.1. The molecule has 0 aliphatic carbocycles. The highest BCUT2D eigenvalue weighted by atomic mass is 16.5. The van der Waals surface area contributed by atoms with Crippen LogP contribution < -0.4 is 14.4 Å². The molecule has 184 valence electrons. The van der Waals surface area contributed by atoms with E-state index in [1.807, 2.05) is 12.1 Å². The number of ether oxygens (including phenoxy) is 2. The van der Waals surface area contributed by atoms with E-state index in [9.17, 15) is 10.1 Å². The standard InChI is InChI=1S/C27H23N7O3/c1-36-21-12-20(13-22(14-21)37-2)34(27(35)18-6-4-3-5-7-18)24(8-10-28)33-16-19(15-32-33)25-23-9-11-29-26(23)31-17-30-25/h3-7,9,11-17,24H,8H2,1-2H3,(H,29,30,31). The molecule has 0 radical (unpaired) electrons. The molecule has 1 N–H and O–H groups in total. The van der Waals surface area contributed by atoms with Crippen molar-refractivity contribution in [3.8, 4) is 28.8 Å². The van der Waals surface area contributed by atoms with Gasteiger partial charge in [0.15, 0.2) is 0 Å². The Morgan fingerprint density at radius 2 is 1.86 bits per heavy atom. The van der Waals surface area contributed by atoms with Gasteiger partial charge in [-0.25, -0.2) is 14.6 Å². The van der Waals surface area contributed by atoms with Gasteiger partial charge in [-0.15, -0.1) is 0 Å². The average Bonchev–Trinajstić information content (AvgIpc) is 3.63. The van der Waals surface area contributed by atoms with Gasteiger partial charge in [-0.05, 0) is 18.2 Å². The first kappa shape index (κ1) is 23.6. The van der Waals surface area contributed by atoms with Crippen LogP contribution in [0.25, 0.3) is 22.3 Å². The molecule has 0 spiro atoms. The Labute approximate surface area is 212 Å². The Kier molecular flexibility index (Phi) is 6.50. The Bertz CT molecular complexity index is 1560. The Morgan fingerprint density at radius 3 is 2.57 bits per heavy atom. The molecule has 1 amide bonds. The van der Waals surface area contributed by atoms with Crippen molar-refractivity contribution in [3.63, 3.8) is 0 Å². The third-order valence-electron chi connectivity index (χ3n) is 5.96. The van der Waals surface area contributed by atoms with Gasteiger partial charge >= 0.3 is 0 Å². The highest BCUT2D eigenvalue weighted by Gasteiger charge is 2.30. The molecule has 5 aromatic rings. The molecule has 0 aliphatic rings. The lowest BCUT2D eigenvalue weighted by Gasteiger charge is -2.31. The molecule has 0 bridgehead atoms. The summed E-state index contributed by atoms with van der Waals surface area (Å²) < 4.78 is 12.5. The smallest absolute Gasteiger partial charge is 0.260 e. The van der Waals surface area contributed by atoms with E-state index < -0.39 is 6.17 Å². The molecule has 0 saturated carbocycles. The molecule has 1 atom stereocenters. The van der Waals surface area contributed by atoms with Crippen molar-refractivity contribution in [2.24, 2.45) is 0 Å². The number of rotatable bonds is 8. The molecule has 0 fully saturated rings. The lowest BCUT2D eigenvalue weighted by molar-refractivity contribution is 0.0964. The van der Waals surface area contributed by atoms with Crippen molar-refractivity contribution in [3.05, 3.63) is 85.1 Å². The second-order valence-corrected chi connectivity index (χ2v) is 8.13. The van der Waals surface area contributed by atoms with E-state index in [1.165, 1.54) is 25.4 Å². The molecule has 3 heterocycles.